The summed E-state index contributed by atoms with van der Waals surface area (Å²) in [6.45, 7) is 4.36. The van der Waals surface area contributed by atoms with Gasteiger partial charge in [0.05, 0.1) is 6.10 Å². The van der Waals surface area contributed by atoms with Crippen LogP contribution in [0.15, 0.2) is 48.7 Å². The first-order chi connectivity index (χ1) is 15.2. The lowest BCUT2D eigenvalue weighted by Gasteiger charge is -2.34. The summed E-state index contributed by atoms with van der Waals surface area (Å²) < 4.78 is 6.34. The van der Waals surface area contributed by atoms with Crippen molar-refractivity contribution in [3.63, 3.8) is 0 Å². The average Bonchev–Trinajstić information content (AvgIpc) is 2.81. The van der Waals surface area contributed by atoms with Gasteiger partial charge in [0, 0.05) is 49.1 Å². The van der Waals surface area contributed by atoms with E-state index < -0.39 is 0 Å². The molecule has 5 rings (SSSR count). The van der Waals surface area contributed by atoms with E-state index in [0.29, 0.717) is 12.1 Å². The van der Waals surface area contributed by atoms with Crippen molar-refractivity contribution in [1.82, 2.24) is 14.9 Å². The number of hydrogen-bond acceptors (Lipinski definition) is 6. The fraction of sp³-hybridized carbons (Fsp3) is 0.440. The zero-order chi connectivity index (χ0) is 21.0. The molecule has 0 amide bonds. The van der Waals surface area contributed by atoms with Gasteiger partial charge < -0.3 is 19.9 Å². The Balaban J connectivity index is 1.31. The molecule has 6 heteroatoms. The standard InChI is InChI=1S/C25H31N5O/c1-29-14-16-30(17-15-29)21-12-10-20(11-13-21)27-25-26-18-19-6-5-9-23(24(19)28-25)31-22-7-3-2-4-8-22/h5-6,9-13,18,22H,2-4,7-8,14-17H2,1H3,(H,26,27,28). The molecule has 0 radical (unpaired) electrons. The average molecular weight is 418 g/mol. The highest BCUT2D eigenvalue weighted by Crippen LogP contribution is 2.29. The van der Waals surface area contributed by atoms with Crippen LogP contribution in [0.3, 0.4) is 0 Å². The summed E-state index contributed by atoms with van der Waals surface area (Å²) in [6.07, 6.45) is 8.25. The zero-order valence-corrected chi connectivity index (χ0v) is 18.3. The fourth-order valence-corrected chi connectivity index (χ4v) is 4.50. The number of hydrogen-bond donors (Lipinski definition) is 1. The third-order valence-corrected chi connectivity index (χ3v) is 6.41. The van der Waals surface area contributed by atoms with Crippen LogP contribution in [0.1, 0.15) is 32.1 Å². The molecular formula is C25H31N5O. The molecule has 0 unspecified atom stereocenters. The first-order valence-electron chi connectivity index (χ1n) is 11.5. The number of fused-ring (bicyclic) bond motifs is 1. The summed E-state index contributed by atoms with van der Waals surface area (Å²) in [6, 6.07) is 14.6. The van der Waals surface area contributed by atoms with E-state index in [4.69, 9.17) is 9.72 Å². The molecule has 1 aliphatic carbocycles. The molecule has 2 aliphatic rings. The van der Waals surface area contributed by atoms with Crippen LogP contribution in [0.2, 0.25) is 0 Å². The number of anilines is 3. The molecule has 1 saturated heterocycles. The SMILES string of the molecule is CN1CCN(c2ccc(Nc3ncc4cccc(OC5CCCCC5)c4n3)cc2)CC1. The molecule has 0 atom stereocenters. The summed E-state index contributed by atoms with van der Waals surface area (Å²) in [5.74, 6) is 1.46. The summed E-state index contributed by atoms with van der Waals surface area (Å²) >= 11 is 0. The number of benzene rings is 2. The van der Waals surface area contributed by atoms with Gasteiger partial charge in [-0.3, -0.25) is 0 Å². The normalized spacial score (nSPS) is 18.3. The smallest absolute Gasteiger partial charge is 0.227 e. The van der Waals surface area contributed by atoms with Crippen LogP contribution in [0, 0.1) is 0 Å². The van der Waals surface area contributed by atoms with E-state index in [1.54, 1.807) is 0 Å². The van der Waals surface area contributed by atoms with Gasteiger partial charge in [0.25, 0.3) is 0 Å². The number of likely N-dealkylation sites (N-methyl/N-ethyl adjacent to an activating group) is 1. The number of piperazine rings is 1. The Kier molecular flexibility index (Phi) is 5.89. The van der Waals surface area contributed by atoms with Crippen molar-refractivity contribution in [2.75, 3.05) is 43.4 Å². The molecule has 6 nitrogen and oxygen atoms in total. The highest BCUT2D eigenvalue weighted by Gasteiger charge is 2.17. The van der Waals surface area contributed by atoms with Gasteiger partial charge in [-0.05, 0) is 63.1 Å². The van der Waals surface area contributed by atoms with Crippen LogP contribution in [0.4, 0.5) is 17.3 Å². The lowest BCUT2D eigenvalue weighted by Crippen LogP contribution is -2.44. The molecule has 1 aromatic heterocycles. The van der Waals surface area contributed by atoms with Crippen molar-refractivity contribution in [1.29, 1.82) is 0 Å². The second kappa shape index (κ2) is 9.10. The number of nitrogens with zero attached hydrogens (tertiary/aromatic N) is 4. The highest BCUT2D eigenvalue weighted by molar-refractivity contribution is 5.85. The van der Waals surface area contributed by atoms with E-state index >= 15 is 0 Å². The molecule has 0 bridgehead atoms. The van der Waals surface area contributed by atoms with E-state index in [9.17, 15) is 0 Å². The second-order valence-electron chi connectivity index (χ2n) is 8.73. The molecule has 31 heavy (non-hydrogen) atoms. The summed E-state index contributed by atoms with van der Waals surface area (Å²) in [7, 11) is 2.18. The van der Waals surface area contributed by atoms with Crippen LogP contribution in [-0.4, -0.2) is 54.2 Å². The van der Waals surface area contributed by atoms with Crippen LogP contribution >= 0.6 is 0 Å². The van der Waals surface area contributed by atoms with E-state index in [2.05, 4.69) is 51.4 Å². The molecule has 162 valence electrons. The molecule has 1 aliphatic heterocycles. The Morgan fingerprint density at radius 3 is 2.48 bits per heavy atom. The maximum Gasteiger partial charge on any atom is 0.227 e. The molecule has 2 heterocycles. The van der Waals surface area contributed by atoms with Crippen LogP contribution in [0.25, 0.3) is 10.9 Å². The molecular weight excluding hydrogens is 386 g/mol. The van der Waals surface area contributed by atoms with Gasteiger partial charge in [-0.25, -0.2) is 9.97 Å². The van der Waals surface area contributed by atoms with Gasteiger partial charge in [-0.2, -0.15) is 0 Å². The lowest BCUT2D eigenvalue weighted by atomic mass is 9.98. The maximum atomic E-state index is 6.34. The third kappa shape index (κ3) is 4.74. The van der Waals surface area contributed by atoms with Crippen molar-refractivity contribution in [3.8, 4) is 5.75 Å². The van der Waals surface area contributed by atoms with Crippen molar-refractivity contribution >= 4 is 28.2 Å². The first kappa shape index (κ1) is 20.1. The van der Waals surface area contributed by atoms with Crippen molar-refractivity contribution in [3.05, 3.63) is 48.7 Å². The quantitative estimate of drug-likeness (QED) is 0.641. The summed E-state index contributed by atoms with van der Waals surface area (Å²) in [4.78, 5) is 14.1. The molecule has 3 aromatic rings. The monoisotopic (exact) mass is 417 g/mol. The van der Waals surface area contributed by atoms with Gasteiger partial charge in [0.1, 0.15) is 11.3 Å². The Morgan fingerprint density at radius 1 is 0.935 bits per heavy atom. The highest BCUT2D eigenvalue weighted by atomic mass is 16.5. The first-order valence-corrected chi connectivity index (χ1v) is 11.5. The minimum atomic E-state index is 0.299. The van der Waals surface area contributed by atoms with Crippen LogP contribution in [-0.2, 0) is 0 Å². The second-order valence-corrected chi connectivity index (χ2v) is 8.73. The number of aromatic nitrogens is 2. The van der Waals surface area contributed by atoms with Gasteiger partial charge in [0.15, 0.2) is 0 Å². The Bertz CT molecular complexity index is 1010. The molecule has 2 fully saturated rings. The van der Waals surface area contributed by atoms with Gasteiger partial charge in [-0.1, -0.05) is 18.6 Å². The van der Waals surface area contributed by atoms with Crippen LogP contribution in [0.5, 0.6) is 5.75 Å². The van der Waals surface area contributed by atoms with E-state index in [1.807, 2.05) is 24.4 Å². The van der Waals surface area contributed by atoms with E-state index in [1.165, 1.54) is 24.9 Å². The molecule has 0 spiro atoms. The van der Waals surface area contributed by atoms with Crippen molar-refractivity contribution < 1.29 is 4.74 Å². The Morgan fingerprint density at radius 2 is 1.71 bits per heavy atom. The predicted molar refractivity (Wildman–Crippen MR) is 126 cm³/mol. The summed E-state index contributed by atoms with van der Waals surface area (Å²) in [5, 5.41) is 4.36. The minimum Gasteiger partial charge on any atom is -0.488 e. The fourth-order valence-electron chi connectivity index (χ4n) is 4.50. The summed E-state index contributed by atoms with van der Waals surface area (Å²) in [5.41, 5.74) is 3.13. The zero-order valence-electron chi connectivity index (χ0n) is 18.3. The number of rotatable bonds is 5. The molecule has 1 N–H and O–H groups in total. The Labute approximate surface area is 184 Å². The number of ether oxygens (including phenoxy) is 1. The van der Waals surface area contributed by atoms with Gasteiger partial charge in [-0.15, -0.1) is 0 Å². The van der Waals surface area contributed by atoms with E-state index in [0.717, 1.165) is 61.4 Å². The molecule has 1 saturated carbocycles. The molecule has 2 aromatic carbocycles. The maximum absolute atomic E-state index is 6.34. The lowest BCUT2D eigenvalue weighted by molar-refractivity contribution is 0.157. The number of nitrogens with one attached hydrogen (secondary N) is 1. The minimum absolute atomic E-state index is 0.299. The van der Waals surface area contributed by atoms with Crippen molar-refractivity contribution in [2.45, 2.75) is 38.2 Å². The predicted octanol–water partition coefficient (Wildman–Crippen LogP) is 4.84. The van der Waals surface area contributed by atoms with E-state index in [-0.39, 0.29) is 0 Å². The van der Waals surface area contributed by atoms with Gasteiger partial charge in [0.2, 0.25) is 5.95 Å². The van der Waals surface area contributed by atoms with Gasteiger partial charge >= 0.3 is 0 Å². The number of para-hydroxylation sites is 1. The Hall–Kier alpha value is -2.86. The topological polar surface area (TPSA) is 53.5 Å². The van der Waals surface area contributed by atoms with Crippen LogP contribution < -0.4 is 15.0 Å². The van der Waals surface area contributed by atoms with Crippen molar-refractivity contribution in [2.24, 2.45) is 0 Å². The third-order valence-electron chi connectivity index (χ3n) is 6.41. The largest absolute Gasteiger partial charge is 0.488 e.